The van der Waals surface area contributed by atoms with E-state index in [-0.39, 0.29) is 4.70 Å². The van der Waals surface area contributed by atoms with Gasteiger partial charge >= 0.3 is 0 Å². The van der Waals surface area contributed by atoms with Crippen molar-refractivity contribution in [1.82, 2.24) is 0 Å². The first-order valence-corrected chi connectivity index (χ1v) is 3.41. The Morgan fingerprint density at radius 1 is 1.00 bits per heavy atom. The minimum absolute atomic E-state index is 0. The summed E-state index contributed by atoms with van der Waals surface area (Å²) in [6, 6.07) is 10.5. The van der Waals surface area contributed by atoms with Crippen molar-refractivity contribution in [3.05, 3.63) is 30.3 Å². The quantitative estimate of drug-likeness (QED) is 0.426. The van der Waals surface area contributed by atoms with Gasteiger partial charge in [0.05, 0.1) is 0 Å². The lowest BCUT2D eigenvalue weighted by Crippen LogP contribution is -1.97. The van der Waals surface area contributed by atoms with Crippen LogP contribution in [0.25, 0.3) is 0 Å². The maximum atomic E-state index is 2.15. The molecule has 0 radical (unpaired) electrons. The van der Waals surface area contributed by atoms with Crippen molar-refractivity contribution in [1.29, 1.82) is 0 Å². The predicted octanol–water partition coefficient (Wildman–Crippen LogP) is -0.170. The lowest BCUT2D eigenvalue weighted by molar-refractivity contribution is 1.11. The Morgan fingerprint density at radius 3 is 1.75 bits per heavy atom. The van der Waals surface area contributed by atoms with Crippen molar-refractivity contribution in [2.75, 3.05) is 0 Å². The zero-order valence-corrected chi connectivity index (χ0v) is 6.79. The van der Waals surface area contributed by atoms with Gasteiger partial charge in [-0.2, -0.15) is 0 Å². The second-order valence-electron chi connectivity index (χ2n) is 1.65. The minimum Gasteiger partial charge on any atom is -0.269 e. The van der Waals surface area contributed by atoms with E-state index in [1.165, 1.54) is 15.4 Å². The van der Waals surface area contributed by atoms with Gasteiger partial charge in [0, 0.05) is 10.2 Å². The molecular weight excluding hydrogens is 119 g/mol. The molecular formula is C6H9FSi. The Bertz CT molecular complexity index is 138. The molecule has 0 saturated carbocycles. The first-order valence-electron chi connectivity index (χ1n) is 2.41. The lowest BCUT2D eigenvalue weighted by atomic mass is 10.4. The first-order chi connectivity index (χ1) is 3.39. The normalized spacial score (nSPS) is 8.00. The van der Waals surface area contributed by atoms with E-state index in [1.807, 2.05) is 6.07 Å². The monoisotopic (exact) mass is 128 g/mol. The lowest BCUT2D eigenvalue weighted by Gasteiger charge is -1.82. The standard InChI is InChI=1S/C6H8Si.FH/c7-6-4-2-1-3-5-6;/h1-5H,7H3;1H. The Hall–Kier alpha value is -0.633. The summed E-state index contributed by atoms with van der Waals surface area (Å²) in [5.74, 6) is 0. The Labute approximate surface area is 51.3 Å². The first kappa shape index (κ1) is 7.37. The number of hydrogen-bond donors (Lipinski definition) is 0. The fourth-order valence-corrected chi connectivity index (χ4v) is 0.919. The van der Waals surface area contributed by atoms with Gasteiger partial charge in [0.25, 0.3) is 0 Å². The molecule has 0 unspecified atom stereocenters. The third kappa shape index (κ3) is 1.89. The van der Waals surface area contributed by atoms with Crippen LogP contribution in [0.2, 0.25) is 0 Å². The van der Waals surface area contributed by atoms with Crippen LogP contribution in [0.5, 0.6) is 0 Å². The van der Waals surface area contributed by atoms with Gasteiger partial charge in [-0.05, 0) is 0 Å². The molecule has 0 aromatic heterocycles. The minimum atomic E-state index is 0. The van der Waals surface area contributed by atoms with E-state index in [4.69, 9.17) is 0 Å². The van der Waals surface area contributed by atoms with Crippen molar-refractivity contribution in [2.24, 2.45) is 0 Å². The second kappa shape index (κ2) is 3.38. The van der Waals surface area contributed by atoms with Gasteiger partial charge in [-0.25, -0.2) is 0 Å². The zero-order chi connectivity index (χ0) is 5.11. The molecule has 0 fully saturated rings. The van der Waals surface area contributed by atoms with Crippen molar-refractivity contribution in [2.45, 2.75) is 0 Å². The molecule has 0 aliphatic carbocycles. The van der Waals surface area contributed by atoms with Gasteiger partial charge in [0.15, 0.2) is 0 Å². The highest BCUT2D eigenvalue weighted by atomic mass is 28.1. The van der Waals surface area contributed by atoms with Crippen LogP contribution in [0.4, 0.5) is 4.70 Å². The number of benzene rings is 1. The molecule has 0 nitrogen and oxygen atoms in total. The summed E-state index contributed by atoms with van der Waals surface area (Å²) in [5, 5.41) is 1.46. The molecule has 0 saturated heterocycles. The molecule has 0 heterocycles. The van der Waals surface area contributed by atoms with E-state index in [1.54, 1.807) is 0 Å². The van der Waals surface area contributed by atoms with Crippen LogP contribution < -0.4 is 5.19 Å². The summed E-state index contributed by atoms with van der Waals surface area (Å²) in [5.41, 5.74) is 0. The highest BCUT2D eigenvalue weighted by Crippen LogP contribution is 1.76. The molecule has 0 bridgehead atoms. The summed E-state index contributed by atoms with van der Waals surface area (Å²) in [4.78, 5) is 0. The fourth-order valence-electron chi connectivity index (χ4n) is 0.534. The van der Waals surface area contributed by atoms with Crippen LogP contribution in [0.3, 0.4) is 0 Å². The van der Waals surface area contributed by atoms with Crippen molar-refractivity contribution >= 4 is 15.4 Å². The fraction of sp³-hybridized carbons (Fsp3) is 0. The highest BCUT2D eigenvalue weighted by molar-refractivity contribution is 6.32. The van der Waals surface area contributed by atoms with Crippen LogP contribution in [-0.4, -0.2) is 10.2 Å². The SMILES string of the molecule is F.[SiH3]c1ccccc1. The number of hydrogen-bond acceptors (Lipinski definition) is 0. The van der Waals surface area contributed by atoms with Crippen molar-refractivity contribution in [3.8, 4) is 0 Å². The third-order valence-electron chi connectivity index (χ3n) is 0.940. The van der Waals surface area contributed by atoms with E-state index in [0.29, 0.717) is 0 Å². The molecule has 2 heteroatoms. The third-order valence-corrected chi connectivity index (χ3v) is 1.61. The van der Waals surface area contributed by atoms with Gasteiger partial charge in [-0.1, -0.05) is 35.5 Å². The van der Waals surface area contributed by atoms with Gasteiger partial charge in [-0.15, -0.1) is 0 Å². The van der Waals surface area contributed by atoms with Gasteiger partial charge in [0.2, 0.25) is 0 Å². The molecule has 0 aliphatic rings. The van der Waals surface area contributed by atoms with E-state index in [9.17, 15) is 0 Å². The molecule has 0 atom stereocenters. The average molecular weight is 128 g/mol. The molecule has 1 rings (SSSR count). The molecule has 1 aromatic carbocycles. The van der Waals surface area contributed by atoms with E-state index in [2.05, 4.69) is 24.3 Å². The zero-order valence-electron chi connectivity index (χ0n) is 4.79. The number of rotatable bonds is 0. The largest absolute Gasteiger partial charge is 0.269 e. The molecule has 44 valence electrons. The Balaban J connectivity index is 0.000000490. The Kier molecular flexibility index (Phi) is 3.11. The summed E-state index contributed by atoms with van der Waals surface area (Å²) >= 11 is 0. The topological polar surface area (TPSA) is 0 Å². The molecule has 0 aliphatic heterocycles. The van der Waals surface area contributed by atoms with E-state index >= 15 is 0 Å². The van der Waals surface area contributed by atoms with Crippen LogP contribution in [0, 0.1) is 0 Å². The maximum Gasteiger partial charge on any atom is 0.0384 e. The van der Waals surface area contributed by atoms with Crippen LogP contribution in [0.15, 0.2) is 30.3 Å². The summed E-state index contributed by atoms with van der Waals surface area (Å²) in [6.07, 6.45) is 0. The van der Waals surface area contributed by atoms with Gasteiger partial charge in [-0.3, -0.25) is 4.70 Å². The van der Waals surface area contributed by atoms with Crippen LogP contribution >= 0.6 is 0 Å². The summed E-state index contributed by atoms with van der Waals surface area (Å²) < 4.78 is 0. The maximum absolute atomic E-state index is 2.15. The highest BCUT2D eigenvalue weighted by Gasteiger charge is 1.72. The Morgan fingerprint density at radius 2 is 1.50 bits per heavy atom. The summed E-state index contributed by atoms with van der Waals surface area (Å²) in [6.45, 7) is 0. The number of halogens is 1. The molecule has 1 aromatic rings. The van der Waals surface area contributed by atoms with E-state index < -0.39 is 0 Å². The smallest absolute Gasteiger partial charge is 0.0384 e. The molecule has 0 spiro atoms. The summed E-state index contributed by atoms with van der Waals surface area (Å²) in [7, 11) is 1.17. The second-order valence-corrected chi connectivity index (χ2v) is 2.81. The molecule has 0 amide bonds. The van der Waals surface area contributed by atoms with Crippen LogP contribution in [-0.2, 0) is 0 Å². The molecule has 0 N–H and O–H groups in total. The molecule has 8 heavy (non-hydrogen) atoms. The average Bonchev–Trinajstić information content (AvgIpc) is 1.69. The predicted molar refractivity (Wildman–Crippen MR) is 38.5 cm³/mol. The van der Waals surface area contributed by atoms with Gasteiger partial charge in [0.1, 0.15) is 0 Å². The van der Waals surface area contributed by atoms with Crippen LogP contribution in [0.1, 0.15) is 0 Å². The van der Waals surface area contributed by atoms with Gasteiger partial charge < -0.3 is 0 Å². The van der Waals surface area contributed by atoms with Crippen molar-refractivity contribution < 1.29 is 4.70 Å². The van der Waals surface area contributed by atoms with E-state index in [0.717, 1.165) is 0 Å². The van der Waals surface area contributed by atoms with Crippen molar-refractivity contribution in [3.63, 3.8) is 0 Å².